The van der Waals surface area contributed by atoms with Gasteiger partial charge in [-0.15, -0.1) is 0 Å². The summed E-state index contributed by atoms with van der Waals surface area (Å²) in [6, 6.07) is 126. The molecule has 3 aliphatic rings. The van der Waals surface area contributed by atoms with Crippen molar-refractivity contribution in [2.24, 2.45) is 0 Å². The molecule has 0 spiro atoms. The molecule has 4 nitrogen and oxygen atoms in total. The molecule has 18 rings (SSSR count). The van der Waals surface area contributed by atoms with E-state index in [1.54, 1.807) is 0 Å². The summed E-state index contributed by atoms with van der Waals surface area (Å²) in [7, 11) is -6.75. The lowest BCUT2D eigenvalue weighted by Gasteiger charge is -2.46. The molecule has 15 aromatic rings. The monoisotopic (exact) mass is 1170 g/mol. The second-order valence-corrected chi connectivity index (χ2v) is 31.1. The molecule has 0 radical (unpaired) electrons. The van der Waals surface area contributed by atoms with Crippen LogP contribution in [-0.2, 0) is 0 Å². The maximum absolute atomic E-state index is 6.10. The number of fused-ring (bicyclic) bond motifs is 3. The molecule has 2 heterocycles. The van der Waals surface area contributed by atoms with Crippen molar-refractivity contribution < 1.29 is 0 Å². The molecular weight excluding hydrogens is 1110 g/mol. The van der Waals surface area contributed by atoms with Crippen LogP contribution in [0.25, 0.3) is 61.4 Å². The van der Waals surface area contributed by atoms with Gasteiger partial charge in [-0.25, -0.2) is 9.97 Å². The third-order valence-corrected chi connectivity index (χ3v) is 28.4. The highest BCUT2D eigenvalue weighted by atomic mass is 28.3. The SMILES string of the molecule is c1ccc(-c2cccc([Si](c3ccccc3)(c3cccc(-c4ccccc4)c3)c3cccc4c3C3c5ccccc5C4c4cccc(-c5nc(-n6c7ccccc7c7ccccc76)nc([Si](c6ccccc6)(c6ccccc6)c6ccccc6)n5)c43)c2)cc1. The first kappa shape index (κ1) is 52.4. The van der Waals surface area contributed by atoms with E-state index in [0.29, 0.717) is 11.8 Å². The fraction of sp³-hybridized carbons (Fsp3) is 0.0241. The average Bonchev–Trinajstić information content (AvgIpc) is 1.02. The van der Waals surface area contributed by atoms with Gasteiger partial charge in [-0.2, -0.15) is 4.98 Å². The van der Waals surface area contributed by atoms with Crippen LogP contribution in [0.3, 0.4) is 0 Å². The van der Waals surface area contributed by atoms with Crippen molar-refractivity contribution in [3.05, 3.63) is 373 Å². The van der Waals surface area contributed by atoms with Crippen molar-refractivity contribution in [3.8, 4) is 39.6 Å². The van der Waals surface area contributed by atoms with Crippen molar-refractivity contribution in [2.45, 2.75) is 11.8 Å². The van der Waals surface area contributed by atoms with Crippen LogP contribution in [0.4, 0.5) is 0 Å². The molecule has 13 aromatic carbocycles. The molecule has 89 heavy (non-hydrogen) atoms. The van der Waals surface area contributed by atoms with E-state index >= 15 is 0 Å². The number of benzene rings is 13. The molecule has 2 aromatic heterocycles. The van der Waals surface area contributed by atoms with Crippen molar-refractivity contribution in [3.63, 3.8) is 0 Å². The van der Waals surface area contributed by atoms with Crippen LogP contribution >= 0.6 is 0 Å². The Morgan fingerprint density at radius 3 is 1.17 bits per heavy atom. The third-order valence-electron chi connectivity index (χ3n) is 19.1. The molecule has 418 valence electrons. The maximum atomic E-state index is 6.10. The predicted molar refractivity (Wildman–Crippen MR) is 372 cm³/mol. The van der Waals surface area contributed by atoms with E-state index in [2.05, 4.69) is 344 Å². The summed E-state index contributed by atoms with van der Waals surface area (Å²) in [6.45, 7) is 0. The first-order valence-corrected chi connectivity index (χ1v) is 34.8. The van der Waals surface area contributed by atoms with Gasteiger partial charge in [-0.05, 0) is 104 Å². The Bertz CT molecular complexity index is 4920. The van der Waals surface area contributed by atoms with Crippen molar-refractivity contribution >= 4 is 79.7 Å². The summed E-state index contributed by atoms with van der Waals surface area (Å²) in [6.07, 6.45) is 0. The fourth-order valence-corrected chi connectivity index (χ4v) is 24.9. The molecule has 6 heteroatoms. The fourth-order valence-electron chi connectivity index (χ4n) is 15.5. The van der Waals surface area contributed by atoms with E-state index < -0.39 is 16.1 Å². The van der Waals surface area contributed by atoms with Gasteiger partial charge in [-0.3, -0.25) is 4.57 Å². The highest BCUT2D eigenvalue weighted by molar-refractivity contribution is 7.20. The van der Waals surface area contributed by atoms with Gasteiger partial charge in [0, 0.05) is 28.2 Å². The van der Waals surface area contributed by atoms with Crippen LogP contribution in [0.1, 0.15) is 45.2 Å². The summed E-state index contributed by atoms with van der Waals surface area (Å²) in [5, 5.41) is 11.2. The molecule has 0 aliphatic heterocycles. The number of rotatable bonds is 12. The predicted octanol–water partition coefficient (Wildman–Crippen LogP) is 13.7. The Hall–Kier alpha value is -10.9. The largest absolute Gasteiger partial charge is 0.278 e. The summed E-state index contributed by atoms with van der Waals surface area (Å²) in [5.74, 6) is 0.980. The Kier molecular flexibility index (Phi) is 12.7. The minimum atomic E-state index is -3.39. The van der Waals surface area contributed by atoms with E-state index in [-0.39, 0.29) is 11.8 Å². The van der Waals surface area contributed by atoms with Gasteiger partial charge in [0.1, 0.15) is 5.45 Å². The van der Waals surface area contributed by atoms with Crippen molar-refractivity contribution in [1.29, 1.82) is 0 Å². The second kappa shape index (κ2) is 21.5. The van der Waals surface area contributed by atoms with Crippen LogP contribution in [-0.4, -0.2) is 35.7 Å². The van der Waals surface area contributed by atoms with E-state index in [4.69, 9.17) is 15.0 Å². The minimum absolute atomic E-state index is 0.0700. The van der Waals surface area contributed by atoms with E-state index in [0.717, 1.165) is 32.8 Å². The van der Waals surface area contributed by atoms with Gasteiger partial charge in [0.05, 0.1) is 11.0 Å². The molecule has 3 aliphatic carbocycles. The number of para-hydroxylation sites is 2. The molecular formula is C83H58N4Si2. The van der Waals surface area contributed by atoms with Gasteiger partial charge in [0.2, 0.25) is 14.0 Å². The second-order valence-electron chi connectivity index (χ2n) is 23.6. The average molecular weight is 1170 g/mol. The molecule has 0 saturated heterocycles. The Morgan fingerprint density at radius 2 is 0.652 bits per heavy atom. The smallest absolute Gasteiger partial charge is 0.238 e. The van der Waals surface area contributed by atoms with E-state index in [1.165, 1.54) is 91.9 Å². The van der Waals surface area contributed by atoms with E-state index in [9.17, 15) is 0 Å². The first-order chi connectivity index (χ1) is 44.2. The van der Waals surface area contributed by atoms with Gasteiger partial charge in [-0.1, -0.05) is 328 Å². The summed E-state index contributed by atoms with van der Waals surface area (Å²) in [4.78, 5) is 18.0. The van der Waals surface area contributed by atoms with Crippen molar-refractivity contribution in [2.75, 3.05) is 0 Å². The Labute approximate surface area is 520 Å². The zero-order chi connectivity index (χ0) is 58.9. The van der Waals surface area contributed by atoms with Gasteiger partial charge in [0.15, 0.2) is 13.9 Å². The molecule has 0 amide bonds. The minimum Gasteiger partial charge on any atom is -0.278 e. The van der Waals surface area contributed by atoms with Gasteiger partial charge in [0.25, 0.3) is 0 Å². The van der Waals surface area contributed by atoms with Crippen molar-refractivity contribution in [1.82, 2.24) is 19.5 Å². The Morgan fingerprint density at radius 1 is 0.270 bits per heavy atom. The van der Waals surface area contributed by atoms with Crippen LogP contribution in [0, 0.1) is 0 Å². The van der Waals surface area contributed by atoms with Crippen LogP contribution < -0.4 is 41.8 Å². The van der Waals surface area contributed by atoms with Crippen LogP contribution in [0.5, 0.6) is 0 Å². The molecule has 0 saturated carbocycles. The number of aromatic nitrogens is 4. The number of nitrogens with zero attached hydrogens (tertiary/aromatic N) is 4. The molecule has 0 fully saturated rings. The highest BCUT2D eigenvalue weighted by Gasteiger charge is 2.51. The quantitative estimate of drug-likeness (QED) is 0.0904. The summed E-state index contributed by atoms with van der Waals surface area (Å²) >= 11 is 0. The zero-order valence-electron chi connectivity index (χ0n) is 48.8. The third kappa shape index (κ3) is 8.21. The van der Waals surface area contributed by atoms with Gasteiger partial charge >= 0.3 is 0 Å². The number of hydrogen-bond acceptors (Lipinski definition) is 3. The summed E-state index contributed by atoms with van der Waals surface area (Å²) in [5.41, 5.74) is 16.6. The standard InChI is InChI=1S/C83H58N4Si2/c1-7-29-57(30-8-1)59-33-25-43-65(55-59)88(61-35-11-3-12-36-61,66-44-26-34-60(56-66)58-31-9-2-10-32-58)76-54-28-50-72-77-69-47-19-20-48-70(69)80(79(72)76)78-71(77)49-27-51-73(78)81-84-82(87-74-52-23-21-45-67(74)68-46-22-24-53-75(68)87)86-83(85-81)89(62-37-13-4-14-38-62,63-39-15-5-16-40-63)64-41-17-6-18-42-64/h1-56,77,80H. The van der Waals surface area contributed by atoms with Crippen LogP contribution in [0.2, 0.25) is 0 Å². The zero-order valence-corrected chi connectivity index (χ0v) is 50.8. The van der Waals surface area contributed by atoms with Crippen LogP contribution in [0.15, 0.2) is 340 Å². The summed E-state index contributed by atoms with van der Waals surface area (Å²) < 4.78 is 2.29. The molecule has 2 unspecified atom stereocenters. The van der Waals surface area contributed by atoms with Gasteiger partial charge < -0.3 is 0 Å². The maximum Gasteiger partial charge on any atom is 0.238 e. The van der Waals surface area contributed by atoms with E-state index in [1.807, 2.05) is 0 Å². The first-order valence-electron chi connectivity index (χ1n) is 30.8. The normalized spacial score (nSPS) is 14.1. The lowest BCUT2D eigenvalue weighted by atomic mass is 9.60. The molecule has 0 N–H and O–H groups in total. The molecule has 2 atom stereocenters. The Balaban J connectivity index is 0.987. The molecule has 2 bridgehead atoms. The number of hydrogen-bond donors (Lipinski definition) is 0. The highest BCUT2D eigenvalue weighted by Crippen LogP contribution is 2.57. The topological polar surface area (TPSA) is 43.6 Å². The lowest BCUT2D eigenvalue weighted by Crippen LogP contribution is -2.76. The lowest BCUT2D eigenvalue weighted by molar-refractivity contribution is 0.758.